The summed E-state index contributed by atoms with van der Waals surface area (Å²) in [6.07, 6.45) is -0.564. The average molecular weight is 607 g/mol. The van der Waals surface area contributed by atoms with Gasteiger partial charge in [-0.05, 0) is 66.6 Å². The van der Waals surface area contributed by atoms with Crippen molar-refractivity contribution in [1.29, 1.82) is 0 Å². The van der Waals surface area contributed by atoms with Gasteiger partial charge in [-0.2, -0.15) is 0 Å². The molecule has 43 heavy (non-hydrogen) atoms. The number of hydrogen-bond acceptors (Lipinski definition) is 5. The molecule has 1 aromatic heterocycles. The predicted octanol–water partition coefficient (Wildman–Crippen LogP) is 7.32. The molecule has 0 amide bonds. The standard InChI is InChI=1S/C32H22ClF3N2O5/c33-18-5-6-21(25(36)13-18)32-42-28-3-1-2-20(30(28)43-32)17-10-23(34)22(24(35)11-17)14-29-37-26-7-4-16(31(39)40)12-27(26)38(29)15-19-8-9-41-19/h1-7,10-13,19,32H,8-9,14-15H2,(H,39,40)/t19-,32?/m0/s1. The summed E-state index contributed by atoms with van der Waals surface area (Å²) < 4.78 is 64.9. The molecular weight excluding hydrogens is 585 g/mol. The second-order valence-corrected chi connectivity index (χ2v) is 10.8. The number of halogens is 4. The predicted molar refractivity (Wildman–Crippen MR) is 151 cm³/mol. The van der Waals surface area contributed by atoms with Crippen molar-refractivity contribution in [1.82, 2.24) is 9.55 Å². The maximum atomic E-state index is 15.6. The molecule has 2 aliphatic heterocycles. The average Bonchev–Trinajstić information content (AvgIpc) is 3.53. The van der Waals surface area contributed by atoms with Crippen LogP contribution >= 0.6 is 11.6 Å². The first-order chi connectivity index (χ1) is 20.7. The highest BCUT2D eigenvalue weighted by molar-refractivity contribution is 6.30. The Morgan fingerprint density at radius 1 is 1.00 bits per heavy atom. The van der Waals surface area contributed by atoms with Crippen molar-refractivity contribution in [2.24, 2.45) is 0 Å². The second-order valence-electron chi connectivity index (χ2n) is 10.4. The number of fused-ring (bicyclic) bond motifs is 2. The summed E-state index contributed by atoms with van der Waals surface area (Å²) in [5.41, 5.74) is 1.66. The summed E-state index contributed by atoms with van der Waals surface area (Å²) in [4.78, 5) is 16.2. The van der Waals surface area contributed by atoms with Gasteiger partial charge in [-0.25, -0.2) is 22.9 Å². The minimum Gasteiger partial charge on any atom is -0.478 e. The first-order valence-corrected chi connectivity index (χ1v) is 13.9. The normalized spacial score (nSPS) is 17.3. The maximum Gasteiger partial charge on any atom is 0.335 e. The van der Waals surface area contributed by atoms with Crippen molar-refractivity contribution >= 4 is 28.6 Å². The summed E-state index contributed by atoms with van der Waals surface area (Å²) in [7, 11) is 0. The number of carboxylic acid groups (broad SMARTS) is 1. The summed E-state index contributed by atoms with van der Waals surface area (Å²) in [5.74, 6) is -2.38. The van der Waals surface area contributed by atoms with Crippen molar-refractivity contribution in [2.45, 2.75) is 31.8 Å². The van der Waals surface area contributed by atoms with Crippen LogP contribution in [0.15, 0.2) is 66.7 Å². The van der Waals surface area contributed by atoms with E-state index in [0.29, 0.717) is 41.3 Å². The van der Waals surface area contributed by atoms with E-state index >= 15 is 8.78 Å². The molecule has 7 nitrogen and oxygen atoms in total. The fourth-order valence-electron chi connectivity index (χ4n) is 5.39. The molecule has 0 saturated carbocycles. The van der Waals surface area contributed by atoms with Crippen LogP contribution in [-0.4, -0.2) is 33.3 Å². The molecule has 7 rings (SSSR count). The molecule has 1 unspecified atom stereocenters. The monoisotopic (exact) mass is 606 g/mol. The van der Waals surface area contributed by atoms with E-state index in [1.807, 2.05) is 0 Å². The van der Waals surface area contributed by atoms with Gasteiger partial charge in [-0.15, -0.1) is 0 Å². The highest BCUT2D eigenvalue weighted by Gasteiger charge is 2.31. The van der Waals surface area contributed by atoms with Crippen LogP contribution in [0.2, 0.25) is 5.02 Å². The largest absolute Gasteiger partial charge is 0.478 e. The minimum absolute atomic E-state index is 0.0825. The fraction of sp³-hybridized carbons (Fsp3) is 0.188. The molecule has 0 bridgehead atoms. The zero-order chi connectivity index (χ0) is 29.8. The lowest BCUT2D eigenvalue weighted by Gasteiger charge is -2.27. The quantitative estimate of drug-likeness (QED) is 0.209. The van der Waals surface area contributed by atoms with Crippen molar-refractivity contribution in [3.05, 3.63) is 112 Å². The van der Waals surface area contributed by atoms with Gasteiger partial charge in [0, 0.05) is 29.2 Å². The molecule has 1 N–H and O–H groups in total. The molecule has 11 heteroatoms. The summed E-state index contributed by atoms with van der Waals surface area (Å²) in [6.45, 7) is 0.990. The number of para-hydroxylation sites is 1. The molecule has 4 aromatic carbocycles. The van der Waals surface area contributed by atoms with Crippen LogP contribution in [0.25, 0.3) is 22.2 Å². The Balaban J connectivity index is 1.22. The van der Waals surface area contributed by atoms with Gasteiger partial charge in [0.25, 0.3) is 6.29 Å². The molecule has 1 fully saturated rings. The van der Waals surface area contributed by atoms with Gasteiger partial charge in [0.1, 0.15) is 23.3 Å². The summed E-state index contributed by atoms with van der Waals surface area (Å²) in [6, 6.07) is 16.0. The van der Waals surface area contributed by atoms with Gasteiger partial charge in [0.2, 0.25) is 0 Å². The van der Waals surface area contributed by atoms with E-state index < -0.39 is 29.7 Å². The molecule has 5 aromatic rings. The Bertz CT molecular complexity index is 1900. The number of aromatic nitrogens is 2. The summed E-state index contributed by atoms with van der Waals surface area (Å²) >= 11 is 5.86. The molecular formula is C32H22ClF3N2O5. The van der Waals surface area contributed by atoms with E-state index in [-0.39, 0.29) is 45.6 Å². The Labute approximate surface area is 248 Å². The van der Waals surface area contributed by atoms with Crippen molar-refractivity contribution < 1.29 is 37.3 Å². The van der Waals surface area contributed by atoms with Crippen molar-refractivity contribution in [3.8, 4) is 22.6 Å². The van der Waals surface area contributed by atoms with E-state index in [1.54, 1.807) is 28.8 Å². The molecule has 0 aliphatic carbocycles. The van der Waals surface area contributed by atoms with Gasteiger partial charge >= 0.3 is 5.97 Å². The van der Waals surface area contributed by atoms with Gasteiger partial charge in [0.15, 0.2) is 11.5 Å². The number of carboxylic acids is 1. The molecule has 1 saturated heterocycles. The third kappa shape index (κ3) is 4.96. The second kappa shape index (κ2) is 10.6. The Kier molecular flexibility index (Phi) is 6.75. The van der Waals surface area contributed by atoms with Gasteiger partial charge < -0.3 is 23.9 Å². The zero-order valence-electron chi connectivity index (χ0n) is 22.3. The number of carbonyl (C=O) groups is 1. The molecule has 0 spiro atoms. The molecule has 2 atom stereocenters. The van der Waals surface area contributed by atoms with Crippen LogP contribution < -0.4 is 9.47 Å². The van der Waals surface area contributed by atoms with Gasteiger partial charge in [-0.1, -0.05) is 23.7 Å². The first kappa shape index (κ1) is 27.3. The van der Waals surface area contributed by atoms with Crippen LogP contribution in [0, 0.1) is 17.5 Å². The van der Waals surface area contributed by atoms with Crippen molar-refractivity contribution in [2.75, 3.05) is 6.61 Å². The maximum absolute atomic E-state index is 15.6. The lowest BCUT2D eigenvalue weighted by molar-refractivity contribution is -0.0589. The number of ether oxygens (including phenoxy) is 3. The fourth-order valence-corrected chi connectivity index (χ4v) is 5.54. The number of rotatable bonds is 7. The highest BCUT2D eigenvalue weighted by atomic mass is 35.5. The topological polar surface area (TPSA) is 82.8 Å². The van der Waals surface area contributed by atoms with Crippen LogP contribution in [-0.2, 0) is 17.7 Å². The molecule has 2 aliphatic rings. The van der Waals surface area contributed by atoms with Crippen LogP contribution in [0.1, 0.15) is 40.0 Å². The highest BCUT2D eigenvalue weighted by Crippen LogP contribution is 2.47. The molecule has 218 valence electrons. The molecule has 3 heterocycles. The van der Waals surface area contributed by atoms with Gasteiger partial charge in [0.05, 0.1) is 34.8 Å². The zero-order valence-corrected chi connectivity index (χ0v) is 23.1. The van der Waals surface area contributed by atoms with Crippen LogP contribution in [0.3, 0.4) is 0 Å². The van der Waals surface area contributed by atoms with E-state index in [0.717, 1.165) is 12.5 Å². The van der Waals surface area contributed by atoms with Gasteiger partial charge in [-0.3, -0.25) is 0 Å². The number of aromatic carboxylic acids is 1. The van der Waals surface area contributed by atoms with E-state index in [4.69, 9.17) is 25.8 Å². The third-order valence-electron chi connectivity index (χ3n) is 7.69. The van der Waals surface area contributed by atoms with Crippen LogP contribution in [0.4, 0.5) is 13.2 Å². The third-order valence-corrected chi connectivity index (χ3v) is 7.93. The Hall–Kier alpha value is -4.54. The number of hydrogen-bond donors (Lipinski definition) is 1. The summed E-state index contributed by atoms with van der Waals surface area (Å²) in [5, 5.41) is 9.69. The Morgan fingerprint density at radius 2 is 1.79 bits per heavy atom. The first-order valence-electron chi connectivity index (χ1n) is 13.5. The number of nitrogens with zero attached hydrogens (tertiary/aromatic N) is 2. The number of benzene rings is 4. The lowest BCUT2D eigenvalue weighted by Crippen LogP contribution is -2.31. The van der Waals surface area contributed by atoms with E-state index in [2.05, 4.69) is 4.98 Å². The Morgan fingerprint density at radius 3 is 2.49 bits per heavy atom. The lowest BCUT2D eigenvalue weighted by atomic mass is 10.00. The van der Waals surface area contributed by atoms with E-state index in [1.165, 1.54) is 36.4 Å². The SMILES string of the molecule is O=C(O)c1ccc2nc(Cc3c(F)cc(-c4cccc5c4OC(c4ccc(Cl)cc4F)O5)cc3F)n(C[C@@H]3CCO3)c2c1. The molecule has 0 radical (unpaired) electrons. The van der Waals surface area contributed by atoms with Crippen molar-refractivity contribution in [3.63, 3.8) is 0 Å². The minimum atomic E-state index is -1.10. The smallest absolute Gasteiger partial charge is 0.335 e. The van der Waals surface area contributed by atoms with E-state index in [9.17, 15) is 14.3 Å². The number of imidazole rings is 1. The van der Waals surface area contributed by atoms with Crippen LogP contribution in [0.5, 0.6) is 11.5 Å².